The Kier molecular flexibility index (Phi) is 9.35. The van der Waals surface area contributed by atoms with Crippen LogP contribution in [0.25, 0.3) is 0 Å². The molecular formula is C28H28NO2PS2. The molecule has 0 amide bonds. The van der Waals surface area contributed by atoms with Gasteiger partial charge in [-0.25, -0.2) is 0 Å². The molecule has 0 saturated heterocycles. The van der Waals surface area contributed by atoms with Crippen molar-refractivity contribution in [1.82, 2.24) is 4.67 Å². The van der Waals surface area contributed by atoms with Crippen molar-refractivity contribution in [2.45, 2.75) is 22.9 Å². The summed E-state index contributed by atoms with van der Waals surface area (Å²) in [4.78, 5) is 2.47. The van der Waals surface area contributed by atoms with Gasteiger partial charge in [-0.05, 0) is 59.7 Å². The molecule has 0 aliphatic carbocycles. The molecule has 34 heavy (non-hydrogen) atoms. The molecule has 0 saturated carbocycles. The number of hydrogen-bond acceptors (Lipinski definition) is 5. The first-order valence-corrected chi connectivity index (χ1v) is 15.1. The van der Waals surface area contributed by atoms with Crippen molar-refractivity contribution in [3.8, 4) is 11.5 Å². The highest BCUT2D eigenvalue weighted by Gasteiger charge is 2.23. The first kappa shape index (κ1) is 24.7. The molecule has 4 aromatic rings. The van der Waals surface area contributed by atoms with Crippen LogP contribution in [-0.4, -0.2) is 18.9 Å². The minimum absolute atomic E-state index is 0.667. The van der Waals surface area contributed by atoms with Crippen LogP contribution in [0, 0.1) is 0 Å². The van der Waals surface area contributed by atoms with E-state index in [1.807, 2.05) is 47.0 Å². The molecule has 174 valence electrons. The van der Waals surface area contributed by atoms with E-state index in [1.165, 1.54) is 20.9 Å². The Balaban J connectivity index is 1.65. The molecule has 6 heteroatoms. The Morgan fingerprint density at radius 1 is 0.559 bits per heavy atom. The fraction of sp³-hybridized carbons (Fsp3) is 0.143. The van der Waals surface area contributed by atoms with Gasteiger partial charge in [-0.15, -0.1) is 0 Å². The van der Waals surface area contributed by atoms with Crippen molar-refractivity contribution >= 4 is 29.2 Å². The van der Waals surface area contributed by atoms with E-state index in [2.05, 4.69) is 89.6 Å². The molecule has 0 fully saturated rings. The molecule has 0 N–H and O–H groups in total. The van der Waals surface area contributed by atoms with E-state index in [0.717, 1.165) is 24.6 Å². The number of benzene rings is 4. The van der Waals surface area contributed by atoms with Gasteiger partial charge < -0.3 is 9.47 Å². The lowest BCUT2D eigenvalue weighted by molar-refractivity contribution is 0.414. The third-order valence-electron chi connectivity index (χ3n) is 5.13. The highest BCUT2D eigenvalue weighted by Crippen LogP contribution is 2.69. The zero-order valence-electron chi connectivity index (χ0n) is 19.3. The Labute approximate surface area is 211 Å². The number of ether oxygens (including phenoxy) is 2. The lowest BCUT2D eigenvalue weighted by Gasteiger charge is -2.30. The van der Waals surface area contributed by atoms with Crippen LogP contribution in [0.5, 0.6) is 11.5 Å². The van der Waals surface area contributed by atoms with Crippen LogP contribution in [-0.2, 0) is 13.1 Å². The molecule has 0 unspecified atom stereocenters. The second-order valence-electron chi connectivity index (χ2n) is 7.57. The van der Waals surface area contributed by atoms with Gasteiger partial charge in [-0.1, -0.05) is 83.4 Å². The Morgan fingerprint density at radius 2 is 0.941 bits per heavy atom. The molecule has 0 aliphatic heterocycles. The second-order valence-corrected chi connectivity index (χ2v) is 13.8. The van der Waals surface area contributed by atoms with Crippen molar-refractivity contribution in [2.75, 3.05) is 14.2 Å². The van der Waals surface area contributed by atoms with Crippen LogP contribution in [0.4, 0.5) is 0 Å². The molecule has 0 bridgehead atoms. The fourth-order valence-corrected chi connectivity index (χ4v) is 10.2. The number of hydrogen-bond donors (Lipinski definition) is 0. The maximum Gasteiger partial charge on any atom is 0.118 e. The van der Waals surface area contributed by atoms with Gasteiger partial charge >= 0.3 is 0 Å². The van der Waals surface area contributed by atoms with Gasteiger partial charge in [-0.2, -0.15) is 0 Å². The summed E-state index contributed by atoms with van der Waals surface area (Å²) in [5.74, 6) is 1.75. The predicted molar refractivity (Wildman–Crippen MR) is 147 cm³/mol. The number of nitrogens with zero attached hydrogens (tertiary/aromatic N) is 1. The van der Waals surface area contributed by atoms with Gasteiger partial charge in [-0.3, -0.25) is 4.67 Å². The van der Waals surface area contributed by atoms with E-state index in [-0.39, 0.29) is 0 Å². The minimum atomic E-state index is -0.667. The van der Waals surface area contributed by atoms with E-state index >= 15 is 0 Å². The third-order valence-corrected chi connectivity index (χ3v) is 12.1. The van der Waals surface area contributed by atoms with Crippen LogP contribution in [0.3, 0.4) is 0 Å². The third kappa shape index (κ3) is 7.28. The van der Waals surface area contributed by atoms with Crippen LogP contribution < -0.4 is 9.47 Å². The van der Waals surface area contributed by atoms with Gasteiger partial charge in [0.2, 0.25) is 0 Å². The normalized spacial score (nSPS) is 11.1. The number of rotatable bonds is 11. The van der Waals surface area contributed by atoms with E-state index in [0.29, 0.717) is 0 Å². The first-order valence-electron chi connectivity index (χ1n) is 11.0. The summed E-state index contributed by atoms with van der Waals surface area (Å²) in [7, 11) is 3.41. The standard InChI is InChI=1S/C28H28NO2PS2/c1-30-25-13-17-27(18-14-25)33-32(34-28-19-15-26(31-2)16-20-28)29(21-23-9-5-3-6-10-23)22-24-11-7-4-8-12-24/h3-20H,21-22H2,1-2H3. The van der Waals surface area contributed by atoms with E-state index in [1.54, 1.807) is 14.2 Å². The zero-order valence-corrected chi connectivity index (χ0v) is 21.9. The summed E-state index contributed by atoms with van der Waals surface area (Å²) < 4.78 is 13.3. The van der Waals surface area contributed by atoms with E-state index in [9.17, 15) is 0 Å². The predicted octanol–water partition coefficient (Wildman–Crippen LogP) is 8.52. The topological polar surface area (TPSA) is 21.7 Å². The van der Waals surface area contributed by atoms with Crippen molar-refractivity contribution in [3.63, 3.8) is 0 Å². The first-order chi connectivity index (χ1) is 16.7. The Morgan fingerprint density at radius 3 is 1.29 bits per heavy atom. The summed E-state index contributed by atoms with van der Waals surface area (Å²) in [5, 5.41) is 0. The minimum Gasteiger partial charge on any atom is -0.497 e. The van der Waals surface area contributed by atoms with Crippen molar-refractivity contribution < 1.29 is 9.47 Å². The quantitative estimate of drug-likeness (QED) is 0.190. The van der Waals surface area contributed by atoms with Gasteiger partial charge in [0, 0.05) is 22.9 Å². The van der Waals surface area contributed by atoms with Gasteiger partial charge in [0.25, 0.3) is 0 Å². The summed E-state index contributed by atoms with van der Waals surface area (Å²) in [5.41, 5.74) is 2.63. The monoisotopic (exact) mass is 505 g/mol. The summed E-state index contributed by atoms with van der Waals surface area (Å²) in [6.07, 6.45) is 0. The van der Waals surface area contributed by atoms with Gasteiger partial charge in [0.05, 0.1) is 20.7 Å². The summed E-state index contributed by atoms with van der Waals surface area (Å²) in [6.45, 7) is 1.10. The average Bonchev–Trinajstić information content (AvgIpc) is 2.90. The van der Waals surface area contributed by atoms with Crippen LogP contribution in [0.1, 0.15) is 11.1 Å². The molecule has 0 atom stereocenters. The van der Waals surface area contributed by atoms with Crippen molar-refractivity contribution in [3.05, 3.63) is 120 Å². The van der Waals surface area contributed by atoms with Crippen molar-refractivity contribution in [2.24, 2.45) is 0 Å². The van der Waals surface area contributed by atoms with Gasteiger partial charge in [0.15, 0.2) is 0 Å². The zero-order chi connectivity index (χ0) is 23.6. The maximum absolute atomic E-state index is 5.37. The Hall–Kier alpha value is -2.43. The molecule has 0 spiro atoms. The molecule has 3 nitrogen and oxygen atoms in total. The molecule has 0 radical (unpaired) electrons. The van der Waals surface area contributed by atoms with E-state index in [4.69, 9.17) is 9.47 Å². The van der Waals surface area contributed by atoms with Crippen molar-refractivity contribution in [1.29, 1.82) is 0 Å². The largest absolute Gasteiger partial charge is 0.497 e. The van der Waals surface area contributed by atoms with Crippen LogP contribution in [0.15, 0.2) is 119 Å². The molecule has 0 aliphatic rings. The highest BCUT2D eigenvalue weighted by atomic mass is 33.1. The smallest absolute Gasteiger partial charge is 0.118 e. The lowest BCUT2D eigenvalue weighted by atomic mass is 10.2. The van der Waals surface area contributed by atoms with Gasteiger partial charge in [0.1, 0.15) is 11.5 Å². The van der Waals surface area contributed by atoms with Crippen LogP contribution in [0.2, 0.25) is 0 Å². The summed E-state index contributed by atoms with van der Waals surface area (Å²) in [6, 6.07) is 38.2. The molecule has 0 aromatic heterocycles. The Bertz CT molecular complexity index is 1040. The molecule has 0 heterocycles. The maximum atomic E-state index is 5.37. The lowest BCUT2D eigenvalue weighted by Crippen LogP contribution is -2.15. The molecular weight excluding hydrogens is 477 g/mol. The SMILES string of the molecule is COc1ccc(SP(Sc2ccc(OC)cc2)N(Cc2ccccc2)Cc2ccccc2)cc1. The number of methoxy groups -OCH3 is 2. The van der Waals surface area contributed by atoms with Crippen LogP contribution >= 0.6 is 29.2 Å². The van der Waals surface area contributed by atoms with E-state index < -0.39 is 6.48 Å². The fourth-order valence-electron chi connectivity index (χ4n) is 3.35. The molecule has 4 rings (SSSR count). The highest BCUT2D eigenvalue weighted by molar-refractivity contribution is 8.87. The summed E-state index contributed by atoms with van der Waals surface area (Å²) >= 11 is 3.85. The second kappa shape index (κ2) is 12.9. The average molecular weight is 506 g/mol. The molecule has 4 aromatic carbocycles.